The maximum Gasteiger partial charge on any atom is 0.508 e. The molecule has 0 heterocycles. The first kappa shape index (κ1) is 25.2. The van der Waals surface area contributed by atoms with E-state index in [2.05, 4.69) is 29.1 Å². The molecule has 0 aliphatic heterocycles. The second kappa shape index (κ2) is 10.3. The summed E-state index contributed by atoms with van der Waals surface area (Å²) in [5, 5.41) is 0. The molecule has 2 atom stereocenters. The van der Waals surface area contributed by atoms with Crippen LogP contribution in [0.15, 0.2) is 30.3 Å². The van der Waals surface area contributed by atoms with Crippen molar-refractivity contribution in [3.05, 3.63) is 35.9 Å². The summed E-state index contributed by atoms with van der Waals surface area (Å²) < 4.78 is 38.1. The summed E-state index contributed by atoms with van der Waals surface area (Å²) in [7, 11) is -4.07. The molecule has 10 heteroatoms. The molecule has 0 amide bonds. The summed E-state index contributed by atoms with van der Waals surface area (Å²) in [5.41, 5.74) is -0.702. The summed E-state index contributed by atoms with van der Waals surface area (Å²) in [6, 6.07) is 8.93. The van der Waals surface area contributed by atoms with Crippen molar-refractivity contribution < 1.29 is 22.7 Å². The molecule has 0 spiro atoms. The largest absolute Gasteiger partial charge is 0.508 e. The van der Waals surface area contributed by atoms with Crippen molar-refractivity contribution in [3.63, 3.8) is 0 Å². The predicted octanol–water partition coefficient (Wildman–Crippen LogP) is 4.20. The maximum absolute atomic E-state index is 12.8. The number of benzene rings is 1. The van der Waals surface area contributed by atoms with E-state index in [0.29, 0.717) is 6.04 Å². The maximum atomic E-state index is 12.8. The Hall–Kier alpha value is -0.803. The first-order chi connectivity index (χ1) is 12.8. The van der Waals surface area contributed by atoms with E-state index in [0.717, 1.165) is 12.7 Å². The molecule has 6 nitrogen and oxygen atoms in total. The lowest BCUT2D eigenvalue weighted by atomic mass is 9.92. The zero-order valence-corrected chi connectivity index (χ0v) is 20.2. The Labute approximate surface area is 178 Å². The van der Waals surface area contributed by atoms with E-state index in [-0.39, 0.29) is 12.2 Å². The zero-order chi connectivity index (χ0) is 21.6. The number of hydrogen-bond acceptors (Lipinski definition) is 5. The third-order valence-corrected chi connectivity index (χ3v) is 8.68. The van der Waals surface area contributed by atoms with Gasteiger partial charge in [0, 0.05) is 8.07 Å². The van der Waals surface area contributed by atoms with Gasteiger partial charge in [-0.2, -0.15) is 0 Å². The lowest BCUT2D eigenvalue weighted by Crippen LogP contribution is -2.58. The number of alkyl halides is 2. The highest BCUT2D eigenvalue weighted by Gasteiger charge is 2.46. The van der Waals surface area contributed by atoms with E-state index in [1.165, 1.54) is 6.92 Å². The van der Waals surface area contributed by atoms with E-state index in [4.69, 9.17) is 27.9 Å². The number of sulfonamides is 1. The highest BCUT2D eigenvalue weighted by molar-refractivity contribution is 7.89. The number of carbonyl (C=O) groups excluding carboxylic acids is 1. The van der Waals surface area contributed by atoms with Crippen LogP contribution in [-0.4, -0.2) is 52.0 Å². The fourth-order valence-corrected chi connectivity index (χ4v) is 7.20. The molecule has 1 rings (SSSR count). The van der Waals surface area contributed by atoms with Gasteiger partial charge in [0.2, 0.25) is 10.0 Å². The molecule has 0 saturated carbocycles. The normalized spacial score (nSPS) is 15.7. The van der Waals surface area contributed by atoms with Gasteiger partial charge in [0.15, 0.2) is 5.60 Å². The molecule has 0 aromatic heterocycles. The fourth-order valence-electron chi connectivity index (χ4n) is 2.42. The molecule has 0 bridgehead atoms. The third kappa shape index (κ3) is 8.29. The quantitative estimate of drug-likeness (QED) is 0.315. The summed E-state index contributed by atoms with van der Waals surface area (Å²) in [6.45, 7) is 7.79. The van der Waals surface area contributed by atoms with Crippen molar-refractivity contribution in [2.24, 2.45) is 0 Å². The van der Waals surface area contributed by atoms with Gasteiger partial charge in [-0.15, -0.1) is 23.2 Å². The summed E-state index contributed by atoms with van der Waals surface area (Å²) in [6.07, 6.45) is -0.760. The minimum absolute atomic E-state index is 0.0163. The van der Waals surface area contributed by atoms with E-state index in [1.807, 2.05) is 30.3 Å². The van der Waals surface area contributed by atoms with Gasteiger partial charge in [-0.25, -0.2) is 17.9 Å². The van der Waals surface area contributed by atoms with Crippen molar-refractivity contribution in [1.82, 2.24) is 4.72 Å². The lowest BCUT2D eigenvalue weighted by Gasteiger charge is -2.38. The van der Waals surface area contributed by atoms with E-state index < -0.39 is 40.7 Å². The van der Waals surface area contributed by atoms with Crippen LogP contribution < -0.4 is 4.72 Å². The summed E-state index contributed by atoms with van der Waals surface area (Å²) in [5.74, 6) is -0.0163. The standard InChI is InChI=1S/C18H29Cl2NO5SSi/c1-18(16(19)20,26-17(22)25-2)15(13-14-9-7-6-8-10-14)21-27(23,24)11-12-28(3,4)5/h6-10,15-16,21H,11-13H2,1-5H3/t15-,18+/m1/s1. The molecular formula is C18H29Cl2NO5SSi. The van der Waals surface area contributed by atoms with Crippen LogP contribution in [0.3, 0.4) is 0 Å². The molecule has 1 aromatic carbocycles. The SMILES string of the molecule is COC(=O)O[C@](C)(C(Cl)Cl)[C@@H](Cc1ccccc1)NS(=O)(=O)CC[Si](C)(C)C. The third-order valence-electron chi connectivity index (χ3n) is 4.32. The number of hydrogen-bond donors (Lipinski definition) is 1. The van der Waals surface area contributed by atoms with Crippen molar-refractivity contribution >= 4 is 47.5 Å². The molecule has 0 aliphatic carbocycles. The number of ether oxygens (including phenoxy) is 2. The molecule has 0 saturated heterocycles. The van der Waals surface area contributed by atoms with Crippen LogP contribution in [0.25, 0.3) is 0 Å². The van der Waals surface area contributed by atoms with Crippen LogP contribution in [0, 0.1) is 0 Å². The average molecular weight is 470 g/mol. The zero-order valence-electron chi connectivity index (χ0n) is 16.9. The van der Waals surface area contributed by atoms with Crippen LogP contribution in [0.2, 0.25) is 25.7 Å². The van der Waals surface area contributed by atoms with Gasteiger partial charge in [0.25, 0.3) is 0 Å². The van der Waals surface area contributed by atoms with E-state index >= 15 is 0 Å². The summed E-state index contributed by atoms with van der Waals surface area (Å²) in [4.78, 5) is 10.6. The van der Waals surface area contributed by atoms with E-state index in [1.54, 1.807) is 0 Å². The molecule has 0 aliphatic rings. The smallest absolute Gasteiger partial charge is 0.438 e. The Balaban J connectivity index is 3.21. The molecule has 1 aromatic rings. The Kier molecular flexibility index (Phi) is 9.28. The highest BCUT2D eigenvalue weighted by atomic mass is 35.5. The molecule has 160 valence electrons. The molecule has 28 heavy (non-hydrogen) atoms. The molecular weight excluding hydrogens is 441 g/mol. The van der Waals surface area contributed by atoms with Gasteiger partial charge in [0.05, 0.1) is 18.9 Å². The first-order valence-corrected chi connectivity index (χ1v) is 15.1. The van der Waals surface area contributed by atoms with Gasteiger partial charge in [0.1, 0.15) is 4.84 Å². The Bertz CT molecular complexity index is 740. The Morgan fingerprint density at radius 1 is 1.21 bits per heavy atom. The topological polar surface area (TPSA) is 81.7 Å². The molecule has 1 N–H and O–H groups in total. The van der Waals surface area contributed by atoms with Gasteiger partial charge in [-0.3, -0.25) is 0 Å². The highest BCUT2D eigenvalue weighted by Crippen LogP contribution is 2.31. The second-order valence-electron chi connectivity index (χ2n) is 8.03. The number of nitrogens with one attached hydrogen (secondary N) is 1. The van der Waals surface area contributed by atoms with Gasteiger partial charge >= 0.3 is 6.16 Å². The van der Waals surface area contributed by atoms with Crippen LogP contribution in [-0.2, 0) is 25.9 Å². The molecule has 0 radical (unpaired) electrons. The summed E-state index contributed by atoms with van der Waals surface area (Å²) >= 11 is 12.3. The Morgan fingerprint density at radius 3 is 2.25 bits per heavy atom. The first-order valence-electron chi connectivity index (χ1n) is 8.88. The van der Waals surface area contributed by atoms with Crippen molar-refractivity contribution in [3.8, 4) is 0 Å². The van der Waals surface area contributed by atoms with Gasteiger partial charge < -0.3 is 9.47 Å². The van der Waals surface area contributed by atoms with Crippen LogP contribution in [0.5, 0.6) is 0 Å². The van der Waals surface area contributed by atoms with Crippen molar-refractivity contribution in [2.75, 3.05) is 12.9 Å². The second-order valence-corrected chi connectivity index (χ2v) is 16.6. The Morgan fingerprint density at radius 2 is 1.79 bits per heavy atom. The monoisotopic (exact) mass is 469 g/mol. The van der Waals surface area contributed by atoms with Crippen LogP contribution in [0.1, 0.15) is 12.5 Å². The van der Waals surface area contributed by atoms with E-state index in [9.17, 15) is 13.2 Å². The predicted molar refractivity (Wildman–Crippen MR) is 116 cm³/mol. The number of halogens is 2. The van der Waals surface area contributed by atoms with Crippen LogP contribution >= 0.6 is 23.2 Å². The van der Waals surface area contributed by atoms with Crippen molar-refractivity contribution in [2.45, 2.75) is 55.5 Å². The number of methoxy groups -OCH3 is 1. The molecule has 0 unspecified atom stereocenters. The minimum atomic E-state index is -3.66. The lowest BCUT2D eigenvalue weighted by molar-refractivity contribution is -0.0268. The molecule has 0 fully saturated rings. The minimum Gasteiger partial charge on any atom is -0.438 e. The number of rotatable bonds is 10. The fraction of sp³-hybridized carbons (Fsp3) is 0.611. The van der Waals surface area contributed by atoms with Crippen molar-refractivity contribution in [1.29, 1.82) is 0 Å². The number of carbonyl (C=O) groups is 1. The van der Waals surface area contributed by atoms with Gasteiger partial charge in [-0.1, -0.05) is 50.0 Å². The van der Waals surface area contributed by atoms with Crippen LogP contribution in [0.4, 0.5) is 4.79 Å². The average Bonchev–Trinajstić information content (AvgIpc) is 2.59. The van der Waals surface area contributed by atoms with Gasteiger partial charge in [-0.05, 0) is 25.0 Å².